The molecule has 5 heteroatoms. The van der Waals surface area contributed by atoms with E-state index in [4.69, 9.17) is 4.84 Å². The lowest BCUT2D eigenvalue weighted by molar-refractivity contribution is -0.141. The number of hydrogen-bond acceptors (Lipinski definition) is 4. The number of benzene rings is 3. The molecule has 30 heavy (non-hydrogen) atoms. The average molecular weight is 398 g/mol. The lowest BCUT2D eigenvalue weighted by Crippen LogP contribution is -2.36. The first kappa shape index (κ1) is 19.6. The monoisotopic (exact) mass is 398 g/mol. The Labute approximate surface area is 175 Å². The van der Waals surface area contributed by atoms with Gasteiger partial charge in [0.2, 0.25) is 0 Å². The van der Waals surface area contributed by atoms with Crippen molar-refractivity contribution in [3.8, 4) is 0 Å². The third kappa shape index (κ3) is 3.51. The first-order chi connectivity index (χ1) is 14.6. The predicted molar refractivity (Wildman–Crippen MR) is 114 cm³/mol. The van der Waals surface area contributed by atoms with Gasteiger partial charge >= 0.3 is 5.97 Å². The third-order valence-corrected chi connectivity index (χ3v) is 5.19. The standard InChI is InChI=1S/C25H22N2O3/c1-19(28)30-27-17-23(26-18-27)24(29)25(20-11-5-2-6-12-20,21-13-7-3-8-14-21)22-15-9-4-10-16-22/h2-18,24,29H,1H3. The van der Waals surface area contributed by atoms with E-state index >= 15 is 0 Å². The Kier molecular flexibility index (Phi) is 5.46. The maximum absolute atomic E-state index is 11.8. The molecule has 1 unspecified atom stereocenters. The van der Waals surface area contributed by atoms with E-state index in [0.29, 0.717) is 5.69 Å². The van der Waals surface area contributed by atoms with E-state index in [2.05, 4.69) is 4.98 Å². The van der Waals surface area contributed by atoms with E-state index in [0.717, 1.165) is 16.7 Å². The van der Waals surface area contributed by atoms with Crippen molar-refractivity contribution in [2.45, 2.75) is 18.4 Å². The van der Waals surface area contributed by atoms with Gasteiger partial charge in [-0.2, -0.15) is 4.73 Å². The molecule has 0 fully saturated rings. The van der Waals surface area contributed by atoms with Crippen molar-refractivity contribution in [1.82, 2.24) is 9.71 Å². The molecule has 0 aliphatic carbocycles. The van der Waals surface area contributed by atoms with E-state index in [1.807, 2.05) is 91.0 Å². The maximum Gasteiger partial charge on any atom is 0.329 e. The minimum atomic E-state index is -1.04. The zero-order valence-corrected chi connectivity index (χ0v) is 16.6. The normalized spacial score (nSPS) is 12.3. The first-order valence-electron chi connectivity index (χ1n) is 9.70. The van der Waals surface area contributed by atoms with Gasteiger partial charge in [-0.1, -0.05) is 91.0 Å². The molecule has 5 nitrogen and oxygen atoms in total. The highest BCUT2D eigenvalue weighted by atomic mass is 16.7. The summed E-state index contributed by atoms with van der Waals surface area (Å²) in [5.74, 6) is -0.464. The van der Waals surface area contributed by atoms with Gasteiger partial charge in [0.15, 0.2) is 0 Å². The quantitative estimate of drug-likeness (QED) is 0.500. The lowest BCUT2D eigenvalue weighted by atomic mass is 9.65. The number of imidazole rings is 1. The van der Waals surface area contributed by atoms with Gasteiger partial charge in [-0.15, -0.1) is 0 Å². The van der Waals surface area contributed by atoms with Crippen molar-refractivity contribution >= 4 is 5.97 Å². The molecule has 0 saturated heterocycles. The topological polar surface area (TPSA) is 64.4 Å². The van der Waals surface area contributed by atoms with Crippen molar-refractivity contribution in [2.24, 2.45) is 0 Å². The summed E-state index contributed by atoms with van der Waals surface area (Å²) in [6, 6.07) is 29.6. The Balaban J connectivity index is 1.97. The van der Waals surface area contributed by atoms with Crippen LogP contribution in [-0.4, -0.2) is 20.8 Å². The number of carbonyl (C=O) groups is 1. The summed E-state index contributed by atoms with van der Waals surface area (Å²) < 4.78 is 1.21. The molecule has 0 bridgehead atoms. The zero-order chi connectivity index (χ0) is 21.0. The fraction of sp³-hybridized carbons (Fsp3) is 0.120. The number of rotatable bonds is 6. The maximum atomic E-state index is 11.8. The van der Waals surface area contributed by atoms with Gasteiger partial charge in [-0.25, -0.2) is 9.78 Å². The number of carbonyl (C=O) groups excluding carboxylic acids is 1. The van der Waals surface area contributed by atoms with Gasteiger partial charge < -0.3 is 9.94 Å². The number of aromatic nitrogens is 2. The number of hydrogen-bond donors (Lipinski definition) is 1. The van der Waals surface area contributed by atoms with E-state index in [-0.39, 0.29) is 0 Å². The van der Waals surface area contributed by atoms with Crippen LogP contribution in [0, 0.1) is 0 Å². The molecule has 1 aromatic heterocycles. The predicted octanol–water partition coefficient (Wildman–Crippen LogP) is 3.93. The molecule has 1 N–H and O–H groups in total. The Morgan fingerprint density at radius 1 is 0.867 bits per heavy atom. The molecule has 3 aromatic carbocycles. The fourth-order valence-electron chi connectivity index (χ4n) is 3.96. The molecule has 0 aliphatic rings. The number of nitrogens with zero attached hydrogens (tertiary/aromatic N) is 2. The largest absolute Gasteiger partial charge is 0.385 e. The third-order valence-electron chi connectivity index (χ3n) is 5.19. The Bertz CT molecular complexity index is 1010. The molecule has 0 saturated carbocycles. The summed E-state index contributed by atoms with van der Waals surface area (Å²) in [7, 11) is 0. The molecule has 4 rings (SSSR count). The Morgan fingerprint density at radius 3 is 1.70 bits per heavy atom. The summed E-state index contributed by atoms with van der Waals surface area (Å²) in [6.07, 6.45) is 1.88. The molecule has 0 radical (unpaired) electrons. The fourth-order valence-corrected chi connectivity index (χ4v) is 3.96. The molecule has 0 amide bonds. The minimum absolute atomic E-state index is 0.396. The van der Waals surface area contributed by atoms with E-state index in [9.17, 15) is 9.90 Å². The van der Waals surface area contributed by atoms with Crippen molar-refractivity contribution in [3.05, 3.63) is 126 Å². The van der Waals surface area contributed by atoms with Gasteiger partial charge in [0.1, 0.15) is 12.4 Å². The minimum Gasteiger partial charge on any atom is -0.385 e. The van der Waals surface area contributed by atoms with Gasteiger partial charge in [-0.05, 0) is 16.7 Å². The summed E-state index contributed by atoms with van der Waals surface area (Å²) in [5, 5.41) is 11.8. The summed E-state index contributed by atoms with van der Waals surface area (Å²) in [6.45, 7) is 1.32. The summed E-state index contributed by atoms with van der Waals surface area (Å²) in [5.41, 5.74) is 2.26. The number of aliphatic hydroxyl groups excluding tert-OH is 1. The highest BCUT2D eigenvalue weighted by molar-refractivity contribution is 5.66. The van der Waals surface area contributed by atoms with Crippen LogP contribution in [-0.2, 0) is 10.2 Å². The van der Waals surface area contributed by atoms with Crippen LogP contribution < -0.4 is 4.84 Å². The van der Waals surface area contributed by atoms with Crippen LogP contribution in [0.25, 0.3) is 0 Å². The van der Waals surface area contributed by atoms with Crippen molar-refractivity contribution in [3.63, 3.8) is 0 Å². The molecule has 0 spiro atoms. The highest BCUT2D eigenvalue weighted by Crippen LogP contribution is 2.48. The van der Waals surface area contributed by atoms with E-state index in [1.54, 1.807) is 0 Å². The number of aliphatic hydroxyl groups is 1. The molecular weight excluding hydrogens is 376 g/mol. The smallest absolute Gasteiger partial charge is 0.329 e. The zero-order valence-electron chi connectivity index (χ0n) is 16.6. The molecule has 1 heterocycles. The second-order valence-corrected chi connectivity index (χ2v) is 7.05. The first-order valence-corrected chi connectivity index (χ1v) is 9.70. The van der Waals surface area contributed by atoms with Crippen LogP contribution in [0.3, 0.4) is 0 Å². The van der Waals surface area contributed by atoms with Gasteiger partial charge in [0.25, 0.3) is 0 Å². The van der Waals surface area contributed by atoms with Crippen LogP contribution in [0.4, 0.5) is 0 Å². The SMILES string of the molecule is CC(=O)On1cnc(C(O)C(c2ccccc2)(c2ccccc2)c2ccccc2)c1. The van der Waals surface area contributed by atoms with Crippen LogP contribution in [0.2, 0.25) is 0 Å². The molecule has 0 aliphatic heterocycles. The molecular formula is C25H22N2O3. The van der Waals surface area contributed by atoms with Gasteiger partial charge in [-0.3, -0.25) is 0 Å². The van der Waals surface area contributed by atoms with Crippen LogP contribution in [0.1, 0.15) is 35.4 Å². The second kappa shape index (κ2) is 8.35. The Morgan fingerprint density at radius 2 is 1.30 bits per heavy atom. The molecule has 4 aromatic rings. The van der Waals surface area contributed by atoms with Crippen molar-refractivity contribution < 1.29 is 14.7 Å². The second-order valence-electron chi connectivity index (χ2n) is 7.05. The van der Waals surface area contributed by atoms with Gasteiger partial charge in [0.05, 0.1) is 17.3 Å². The van der Waals surface area contributed by atoms with E-state index < -0.39 is 17.5 Å². The Hall–Kier alpha value is -3.70. The summed E-state index contributed by atoms with van der Waals surface area (Å²) in [4.78, 5) is 20.7. The van der Waals surface area contributed by atoms with Crippen LogP contribution in [0.15, 0.2) is 104 Å². The highest BCUT2D eigenvalue weighted by Gasteiger charge is 2.44. The van der Waals surface area contributed by atoms with Crippen LogP contribution in [0.5, 0.6) is 0 Å². The lowest BCUT2D eigenvalue weighted by Gasteiger charge is -2.39. The van der Waals surface area contributed by atoms with Crippen molar-refractivity contribution in [1.29, 1.82) is 0 Å². The molecule has 1 atom stereocenters. The van der Waals surface area contributed by atoms with E-state index in [1.165, 1.54) is 24.2 Å². The summed E-state index contributed by atoms with van der Waals surface area (Å²) >= 11 is 0. The van der Waals surface area contributed by atoms with Gasteiger partial charge in [0, 0.05) is 6.92 Å². The van der Waals surface area contributed by atoms with Crippen molar-refractivity contribution in [2.75, 3.05) is 0 Å². The average Bonchev–Trinajstić information content (AvgIpc) is 3.24. The molecule has 150 valence electrons. The van der Waals surface area contributed by atoms with Crippen LogP contribution >= 0.6 is 0 Å².